The number of rotatable bonds is 1. The zero-order valence-electron chi connectivity index (χ0n) is 9.11. The predicted molar refractivity (Wildman–Crippen MR) is 63.8 cm³/mol. The summed E-state index contributed by atoms with van der Waals surface area (Å²) >= 11 is 5.92. The topological polar surface area (TPSA) is 36.3 Å². The summed E-state index contributed by atoms with van der Waals surface area (Å²) < 4.78 is 5.31. The number of hydrogen-bond donors (Lipinski definition) is 0. The molecule has 16 heavy (non-hydrogen) atoms. The number of halogens is 1. The van der Waals surface area contributed by atoms with Crippen LogP contribution in [-0.4, -0.2) is 25.8 Å². The van der Waals surface area contributed by atoms with Gasteiger partial charge >= 0.3 is 0 Å². The number of benzene rings is 1. The van der Waals surface area contributed by atoms with Gasteiger partial charge in [0.15, 0.2) is 6.10 Å². The van der Waals surface area contributed by atoms with Crippen molar-refractivity contribution < 1.29 is 4.74 Å². The summed E-state index contributed by atoms with van der Waals surface area (Å²) in [5, 5.41) is 9.59. The van der Waals surface area contributed by atoms with E-state index in [1.54, 1.807) is 0 Å². The Kier molecular flexibility index (Phi) is 3.33. The Bertz CT molecular complexity index is 428. The minimum absolute atomic E-state index is 0.330. The van der Waals surface area contributed by atoms with E-state index in [0.717, 1.165) is 22.8 Å². The first-order chi connectivity index (χ1) is 7.70. The number of ether oxygens (including phenoxy) is 1. The number of morpholine rings is 1. The zero-order valence-corrected chi connectivity index (χ0v) is 9.87. The van der Waals surface area contributed by atoms with Crippen molar-refractivity contribution in [2.24, 2.45) is 0 Å². The molecule has 1 saturated heterocycles. The van der Waals surface area contributed by atoms with E-state index in [9.17, 15) is 0 Å². The molecule has 0 aromatic heterocycles. The largest absolute Gasteiger partial charge is 0.365 e. The van der Waals surface area contributed by atoms with Crippen molar-refractivity contribution in [3.05, 3.63) is 28.8 Å². The van der Waals surface area contributed by atoms with Crippen LogP contribution in [0.25, 0.3) is 0 Å². The van der Waals surface area contributed by atoms with Gasteiger partial charge in [-0.1, -0.05) is 11.6 Å². The summed E-state index contributed by atoms with van der Waals surface area (Å²) in [6, 6.07) is 7.96. The normalized spacial score (nSPS) is 20.6. The van der Waals surface area contributed by atoms with E-state index >= 15 is 0 Å². The van der Waals surface area contributed by atoms with E-state index in [2.05, 4.69) is 11.0 Å². The van der Waals surface area contributed by atoms with Crippen molar-refractivity contribution in [2.75, 3.05) is 24.6 Å². The fourth-order valence-corrected chi connectivity index (χ4v) is 2.15. The Morgan fingerprint density at radius 2 is 2.38 bits per heavy atom. The van der Waals surface area contributed by atoms with Gasteiger partial charge in [-0.25, -0.2) is 0 Å². The second-order valence-corrected chi connectivity index (χ2v) is 4.30. The zero-order chi connectivity index (χ0) is 11.5. The van der Waals surface area contributed by atoms with Crippen molar-refractivity contribution >= 4 is 17.3 Å². The van der Waals surface area contributed by atoms with E-state index in [0.29, 0.717) is 13.2 Å². The molecule has 4 heteroatoms. The van der Waals surface area contributed by atoms with Crippen LogP contribution in [0.4, 0.5) is 5.69 Å². The Hall–Kier alpha value is -1.24. The molecule has 1 aromatic rings. The molecular weight excluding hydrogens is 224 g/mol. The number of aryl methyl sites for hydroxylation is 1. The van der Waals surface area contributed by atoms with Gasteiger partial charge in [0.25, 0.3) is 0 Å². The number of nitrogens with zero attached hydrogens (tertiary/aromatic N) is 2. The SMILES string of the molecule is Cc1cc(Cl)ccc1N1CCOC(C#N)C1. The molecule has 1 heterocycles. The summed E-state index contributed by atoms with van der Waals surface area (Å²) in [5.74, 6) is 0. The molecule has 1 aromatic carbocycles. The Labute approximate surface area is 100 Å². The maximum absolute atomic E-state index is 8.85. The molecule has 1 aliphatic heterocycles. The van der Waals surface area contributed by atoms with Crippen LogP contribution >= 0.6 is 11.6 Å². The van der Waals surface area contributed by atoms with Crippen LogP contribution in [0.1, 0.15) is 5.56 Å². The third kappa shape index (κ3) is 2.29. The van der Waals surface area contributed by atoms with Crippen LogP contribution in [0, 0.1) is 18.3 Å². The van der Waals surface area contributed by atoms with E-state index in [4.69, 9.17) is 21.6 Å². The Balaban J connectivity index is 2.20. The van der Waals surface area contributed by atoms with E-state index in [1.165, 1.54) is 0 Å². The van der Waals surface area contributed by atoms with Crippen molar-refractivity contribution in [3.63, 3.8) is 0 Å². The van der Waals surface area contributed by atoms with Crippen LogP contribution < -0.4 is 4.90 Å². The highest BCUT2D eigenvalue weighted by Gasteiger charge is 2.21. The van der Waals surface area contributed by atoms with Crippen molar-refractivity contribution in [1.29, 1.82) is 5.26 Å². The lowest BCUT2D eigenvalue weighted by Crippen LogP contribution is -2.42. The lowest BCUT2D eigenvalue weighted by Gasteiger charge is -2.32. The average molecular weight is 237 g/mol. The number of anilines is 1. The van der Waals surface area contributed by atoms with Crippen LogP contribution in [-0.2, 0) is 4.74 Å². The molecule has 0 spiro atoms. The first-order valence-corrected chi connectivity index (χ1v) is 5.61. The highest BCUT2D eigenvalue weighted by Crippen LogP contribution is 2.25. The monoisotopic (exact) mass is 236 g/mol. The molecule has 1 unspecified atom stereocenters. The average Bonchev–Trinajstić information content (AvgIpc) is 2.29. The maximum Gasteiger partial charge on any atom is 0.161 e. The molecule has 3 nitrogen and oxygen atoms in total. The second kappa shape index (κ2) is 4.73. The Morgan fingerprint density at radius 1 is 1.56 bits per heavy atom. The third-order valence-electron chi connectivity index (χ3n) is 2.71. The van der Waals surface area contributed by atoms with Crippen molar-refractivity contribution in [3.8, 4) is 6.07 Å². The molecule has 1 aliphatic rings. The highest BCUT2D eigenvalue weighted by atomic mass is 35.5. The molecule has 2 rings (SSSR count). The summed E-state index contributed by atoms with van der Waals surface area (Å²) in [5.41, 5.74) is 2.26. The highest BCUT2D eigenvalue weighted by molar-refractivity contribution is 6.30. The first kappa shape index (κ1) is 11.3. The van der Waals surface area contributed by atoms with Gasteiger partial charge in [0.2, 0.25) is 0 Å². The lowest BCUT2D eigenvalue weighted by atomic mass is 10.1. The molecule has 0 radical (unpaired) electrons. The van der Waals surface area contributed by atoms with Crippen LogP contribution in [0.15, 0.2) is 18.2 Å². The molecule has 1 fully saturated rings. The molecule has 0 N–H and O–H groups in total. The number of hydrogen-bond acceptors (Lipinski definition) is 3. The van der Waals surface area contributed by atoms with Gasteiger partial charge in [-0.05, 0) is 30.7 Å². The molecule has 0 bridgehead atoms. The predicted octanol–water partition coefficient (Wildman–Crippen LogP) is 2.38. The molecule has 0 amide bonds. The lowest BCUT2D eigenvalue weighted by molar-refractivity contribution is 0.0764. The second-order valence-electron chi connectivity index (χ2n) is 3.87. The summed E-state index contributed by atoms with van der Waals surface area (Å²) in [4.78, 5) is 2.17. The third-order valence-corrected chi connectivity index (χ3v) is 2.95. The van der Waals surface area contributed by atoms with Crippen LogP contribution in [0.3, 0.4) is 0 Å². The minimum atomic E-state index is -0.330. The molecule has 0 aliphatic carbocycles. The quantitative estimate of drug-likeness (QED) is 0.751. The van der Waals surface area contributed by atoms with E-state index < -0.39 is 0 Å². The molecular formula is C12H13ClN2O. The van der Waals surface area contributed by atoms with Gasteiger partial charge in [0.1, 0.15) is 0 Å². The van der Waals surface area contributed by atoms with Gasteiger partial charge in [0.05, 0.1) is 19.2 Å². The van der Waals surface area contributed by atoms with Crippen LogP contribution in [0.2, 0.25) is 5.02 Å². The molecule has 84 valence electrons. The van der Waals surface area contributed by atoms with E-state index in [1.807, 2.05) is 25.1 Å². The van der Waals surface area contributed by atoms with Gasteiger partial charge in [-0.2, -0.15) is 5.26 Å². The number of nitriles is 1. The summed E-state index contributed by atoms with van der Waals surface area (Å²) in [6.07, 6.45) is -0.330. The summed E-state index contributed by atoms with van der Waals surface area (Å²) in [6.45, 7) is 4.07. The summed E-state index contributed by atoms with van der Waals surface area (Å²) in [7, 11) is 0. The van der Waals surface area contributed by atoms with Gasteiger partial charge < -0.3 is 9.64 Å². The smallest absolute Gasteiger partial charge is 0.161 e. The van der Waals surface area contributed by atoms with E-state index in [-0.39, 0.29) is 6.10 Å². The minimum Gasteiger partial charge on any atom is -0.365 e. The van der Waals surface area contributed by atoms with Crippen molar-refractivity contribution in [2.45, 2.75) is 13.0 Å². The fourth-order valence-electron chi connectivity index (χ4n) is 1.92. The molecule has 0 saturated carbocycles. The molecule has 1 atom stereocenters. The Morgan fingerprint density at radius 3 is 3.06 bits per heavy atom. The van der Waals surface area contributed by atoms with Crippen molar-refractivity contribution in [1.82, 2.24) is 0 Å². The van der Waals surface area contributed by atoms with Gasteiger partial charge in [-0.15, -0.1) is 0 Å². The van der Waals surface area contributed by atoms with Gasteiger partial charge in [-0.3, -0.25) is 0 Å². The fraction of sp³-hybridized carbons (Fsp3) is 0.417. The standard InChI is InChI=1S/C12H13ClN2O/c1-9-6-10(13)2-3-12(9)15-4-5-16-11(7-14)8-15/h2-3,6,11H,4-5,8H2,1H3. The maximum atomic E-state index is 8.85. The van der Waals surface area contributed by atoms with Crippen LogP contribution in [0.5, 0.6) is 0 Å². The van der Waals surface area contributed by atoms with Gasteiger partial charge in [0, 0.05) is 17.3 Å². The first-order valence-electron chi connectivity index (χ1n) is 5.23.